The molecule has 3 heteroatoms. The zero-order valence-corrected chi connectivity index (χ0v) is 13.5. The van der Waals surface area contributed by atoms with E-state index in [1.54, 1.807) is 6.07 Å². The fraction of sp³-hybridized carbons (Fsp3) is 0.333. The normalized spacial score (nSPS) is 12.4. The molecule has 0 saturated carbocycles. The van der Waals surface area contributed by atoms with Crippen LogP contribution in [0, 0.1) is 19.7 Å². The standard InChI is InChI=1S/C18H21ClFN/c1-4-11-21-18(14-8-5-7-12(2)13(14)3)15-9-6-10-16(20)17(15)19/h5-10,18,21H,4,11H2,1-3H3. The van der Waals surface area contributed by atoms with Gasteiger partial charge in [-0.3, -0.25) is 0 Å². The van der Waals surface area contributed by atoms with Crippen LogP contribution < -0.4 is 5.32 Å². The molecule has 2 aromatic rings. The van der Waals surface area contributed by atoms with Crippen LogP contribution in [-0.2, 0) is 0 Å². The average Bonchev–Trinajstić information content (AvgIpc) is 2.47. The third-order valence-electron chi connectivity index (χ3n) is 3.85. The summed E-state index contributed by atoms with van der Waals surface area (Å²) < 4.78 is 13.8. The number of hydrogen-bond donors (Lipinski definition) is 1. The molecule has 1 N–H and O–H groups in total. The topological polar surface area (TPSA) is 12.0 Å². The highest BCUT2D eigenvalue weighted by Crippen LogP contribution is 2.32. The van der Waals surface area contributed by atoms with Crippen LogP contribution in [0.2, 0.25) is 5.02 Å². The lowest BCUT2D eigenvalue weighted by Crippen LogP contribution is -2.24. The van der Waals surface area contributed by atoms with E-state index in [9.17, 15) is 4.39 Å². The van der Waals surface area contributed by atoms with E-state index in [2.05, 4.69) is 38.2 Å². The van der Waals surface area contributed by atoms with Crippen LogP contribution in [-0.4, -0.2) is 6.54 Å². The van der Waals surface area contributed by atoms with E-state index >= 15 is 0 Å². The summed E-state index contributed by atoms with van der Waals surface area (Å²) in [6.45, 7) is 7.15. The number of hydrogen-bond acceptors (Lipinski definition) is 1. The van der Waals surface area contributed by atoms with Gasteiger partial charge in [0, 0.05) is 0 Å². The highest BCUT2D eigenvalue weighted by Gasteiger charge is 2.20. The molecule has 0 fully saturated rings. The molecule has 0 aromatic heterocycles. The number of halogens is 2. The van der Waals surface area contributed by atoms with Gasteiger partial charge in [0.2, 0.25) is 0 Å². The largest absolute Gasteiger partial charge is 0.306 e. The summed E-state index contributed by atoms with van der Waals surface area (Å²) in [5, 5.41) is 3.69. The van der Waals surface area contributed by atoms with E-state index in [0.29, 0.717) is 0 Å². The van der Waals surface area contributed by atoms with Gasteiger partial charge < -0.3 is 5.32 Å². The van der Waals surface area contributed by atoms with E-state index in [1.807, 2.05) is 12.1 Å². The van der Waals surface area contributed by atoms with Crippen molar-refractivity contribution in [2.45, 2.75) is 33.2 Å². The van der Waals surface area contributed by atoms with Crippen LogP contribution in [0.5, 0.6) is 0 Å². The molecule has 0 aliphatic rings. The maximum absolute atomic E-state index is 13.8. The predicted octanol–water partition coefficient (Wildman–Crippen LogP) is 5.18. The van der Waals surface area contributed by atoms with Gasteiger partial charge in [-0.1, -0.05) is 48.9 Å². The minimum Gasteiger partial charge on any atom is -0.306 e. The predicted molar refractivity (Wildman–Crippen MR) is 87.5 cm³/mol. The van der Waals surface area contributed by atoms with Crippen LogP contribution in [0.3, 0.4) is 0 Å². The van der Waals surface area contributed by atoms with Crippen molar-refractivity contribution in [3.05, 3.63) is 69.5 Å². The van der Waals surface area contributed by atoms with Crippen molar-refractivity contribution in [2.75, 3.05) is 6.54 Å². The van der Waals surface area contributed by atoms with Gasteiger partial charge in [0.15, 0.2) is 0 Å². The van der Waals surface area contributed by atoms with E-state index in [0.717, 1.165) is 24.1 Å². The van der Waals surface area contributed by atoms with Crippen molar-refractivity contribution in [3.8, 4) is 0 Å². The summed E-state index contributed by atoms with van der Waals surface area (Å²) in [5.41, 5.74) is 4.38. The Bertz CT molecular complexity index is 573. The third kappa shape index (κ3) is 3.45. The second-order valence-electron chi connectivity index (χ2n) is 5.32. The van der Waals surface area contributed by atoms with Gasteiger partial charge in [-0.05, 0) is 55.1 Å². The Morgan fingerprint density at radius 2 is 1.76 bits per heavy atom. The van der Waals surface area contributed by atoms with Crippen LogP contribution in [0.25, 0.3) is 0 Å². The van der Waals surface area contributed by atoms with Crippen molar-refractivity contribution < 1.29 is 4.39 Å². The molecule has 1 unspecified atom stereocenters. The van der Waals surface area contributed by atoms with Gasteiger partial charge in [0.05, 0.1) is 11.1 Å². The van der Waals surface area contributed by atoms with Crippen molar-refractivity contribution in [1.82, 2.24) is 5.32 Å². The maximum Gasteiger partial charge on any atom is 0.142 e. The number of rotatable bonds is 5. The van der Waals surface area contributed by atoms with Crippen LogP contribution >= 0.6 is 11.6 Å². The van der Waals surface area contributed by atoms with E-state index < -0.39 is 0 Å². The number of aryl methyl sites for hydroxylation is 1. The summed E-state index contributed by atoms with van der Waals surface area (Å²) in [4.78, 5) is 0. The molecule has 0 saturated heterocycles. The zero-order chi connectivity index (χ0) is 15.4. The Morgan fingerprint density at radius 1 is 1.10 bits per heavy atom. The van der Waals surface area contributed by atoms with Crippen LogP contribution in [0.15, 0.2) is 36.4 Å². The molecule has 0 amide bonds. The Morgan fingerprint density at radius 3 is 2.48 bits per heavy atom. The first-order chi connectivity index (χ1) is 10.1. The summed E-state index contributed by atoms with van der Waals surface area (Å²) in [6, 6.07) is 11.1. The van der Waals surface area contributed by atoms with Crippen molar-refractivity contribution in [3.63, 3.8) is 0 Å². The smallest absolute Gasteiger partial charge is 0.142 e. The Labute approximate surface area is 131 Å². The molecule has 0 radical (unpaired) electrons. The monoisotopic (exact) mass is 305 g/mol. The molecule has 1 nitrogen and oxygen atoms in total. The average molecular weight is 306 g/mol. The van der Waals surface area contributed by atoms with Gasteiger partial charge in [-0.25, -0.2) is 4.39 Å². The van der Waals surface area contributed by atoms with Gasteiger partial charge >= 0.3 is 0 Å². The lowest BCUT2D eigenvalue weighted by atomic mass is 9.92. The van der Waals surface area contributed by atoms with E-state index in [4.69, 9.17) is 11.6 Å². The number of benzene rings is 2. The number of nitrogens with one attached hydrogen (secondary N) is 1. The van der Waals surface area contributed by atoms with Crippen LogP contribution in [0.1, 0.15) is 41.6 Å². The Hall–Kier alpha value is -1.38. The molecule has 0 aliphatic carbocycles. The molecule has 0 spiro atoms. The zero-order valence-electron chi connectivity index (χ0n) is 12.7. The van der Waals surface area contributed by atoms with Crippen LogP contribution in [0.4, 0.5) is 4.39 Å². The molecule has 0 aliphatic heterocycles. The first-order valence-corrected chi connectivity index (χ1v) is 7.67. The quantitative estimate of drug-likeness (QED) is 0.802. The Kier molecular flexibility index (Phi) is 5.38. The van der Waals surface area contributed by atoms with Crippen molar-refractivity contribution >= 4 is 11.6 Å². The van der Waals surface area contributed by atoms with Gasteiger partial charge in [0.1, 0.15) is 5.82 Å². The van der Waals surface area contributed by atoms with Gasteiger partial charge in [-0.2, -0.15) is 0 Å². The molecule has 2 rings (SSSR count). The highest BCUT2D eigenvalue weighted by atomic mass is 35.5. The summed E-state index contributed by atoms with van der Waals surface area (Å²) in [5.74, 6) is -0.372. The second kappa shape index (κ2) is 7.06. The molecule has 21 heavy (non-hydrogen) atoms. The van der Waals surface area contributed by atoms with E-state index in [-0.39, 0.29) is 16.9 Å². The highest BCUT2D eigenvalue weighted by molar-refractivity contribution is 6.31. The fourth-order valence-electron chi connectivity index (χ4n) is 2.51. The summed E-state index contributed by atoms with van der Waals surface area (Å²) in [6.07, 6.45) is 1.01. The molecule has 2 aromatic carbocycles. The SMILES string of the molecule is CCCNC(c1cccc(C)c1C)c1cccc(F)c1Cl. The fourth-order valence-corrected chi connectivity index (χ4v) is 2.74. The van der Waals surface area contributed by atoms with E-state index in [1.165, 1.54) is 17.2 Å². The lowest BCUT2D eigenvalue weighted by Gasteiger charge is -2.23. The summed E-state index contributed by atoms with van der Waals surface area (Å²) >= 11 is 6.19. The minimum absolute atomic E-state index is 0.0898. The van der Waals surface area contributed by atoms with Crippen molar-refractivity contribution in [1.29, 1.82) is 0 Å². The molecule has 0 heterocycles. The molecular weight excluding hydrogens is 285 g/mol. The minimum atomic E-state index is -0.372. The molecular formula is C18H21ClFN. The summed E-state index contributed by atoms with van der Waals surface area (Å²) in [7, 11) is 0. The maximum atomic E-state index is 13.8. The molecule has 112 valence electrons. The Balaban J connectivity index is 2.52. The first kappa shape index (κ1) is 16.0. The lowest BCUT2D eigenvalue weighted by molar-refractivity contribution is 0.584. The van der Waals surface area contributed by atoms with Gasteiger partial charge in [-0.15, -0.1) is 0 Å². The van der Waals surface area contributed by atoms with Crippen molar-refractivity contribution in [2.24, 2.45) is 0 Å². The molecule has 1 atom stereocenters. The second-order valence-corrected chi connectivity index (χ2v) is 5.70. The van der Waals surface area contributed by atoms with Gasteiger partial charge in [0.25, 0.3) is 0 Å². The first-order valence-electron chi connectivity index (χ1n) is 7.29. The third-order valence-corrected chi connectivity index (χ3v) is 4.25. The molecule has 0 bridgehead atoms.